The summed E-state index contributed by atoms with van der Waals surface area (Å²) in [6.45, 7) is 1.91. The number of furan rings is 1. The van der Waals surface area contributed by atoms with Crippen molar-refractivity contribution in [1.82, 2.24) is 4.98 Å². The van der Waals surface area contributed by atoms with Crippen LogP contribution in [0.1, 0.15) is 17.4 Å². The molecule has 0 saturated carbocycles. The summed E-state index contributed by atoms with van der Waals surface area (Å²) in [5, 5.41) is 10.3. The maximum Gasteiger partial charge on any atom is 0.360 e. The number of ether oxygens (including phenoxy) is 1. The minimum absolute atomic E-state index is 0.126. The van der Waals surface area contributed by atoms with Crippen molar-refractivity contribution in [2.45, 2.75) is 6.92 Å². The summed E-state index contributed by atoms with van der Waals surface area (Å²) in [7, 11) is 0. The molecular formula is C10H9NO4. The highest BCUT2D eigenvalue weighted by molar-refractivity contribution is 5.96. The van der Waals surface area contributed by atoms with E-state index in [-0.39, 0.29) is 23.6 Å². The lowest BCUT2D eigenvalue weighted by atomic mass is 10.2. The van der Waals surface area contributed by atoms with Crippen LogP contribution >= 0.6 is 0 Å². The smallest absolute Gasteiger partial charge is 0.360 e. The average Bonchev–Trinajstić information content (AvgIpc) is 2.67. The Morgan fingerprint density at radius 1 is 1.67 bits per heavy atom. The molecule has 0 aromatic carbocycles. The van der Waals surface area contributed by atoms with E-state index >= 15 is 0 Å². The Balaban J connectivity index is 2.52. The lowest BCUT2D eigenvalue weighted by Crippen LogP contribution is -2.07. The van der Waals surface area contributed by atoms with Gasteiger partial charge in [0, 0.05) is 11.6 Å². The number of esters is 1. The molecule has 5 heteroatoms. The third-order valence-electron chi connectivity index (χ3n) is 1.94. The molecule has 15 heavy (non-hydrogen) atoms. The van der Waals surface area contributed by atoms with Gasteiger partial charge < -0.3 is 14.3 Å². The standard InChI is InChI=1S/C10H9NO4/c1-2-14-10(13)7-8(12)9-6(5-11-7)3-4-15-9/h3-5,12H,2H2,1H3. The molecule has 0 atom stereocenters. The predicted molar refractivity (Wildman–Crippen MR) is 51.6 cm³/mol. The second-order valence-electron chi connectivity index (χ2n) is 2.88. The molecule has 0 spiro atoms. The zero-order chi connectivity index (χ0) is 10.8. The second kappa shape index (κ2) is 3.61. The molecule has 0 radical (unpaired) electrons. The van der Waals surface area contributed by atoms with Crippen LogP contribution in [0.15, 0.2) is 22.9 Å². The largest absolute Gasteiger partial charge is 0.503 e. The molecule has 0 aliphatic carbocycles. The summed E-state index contributed by atoms with van der Waals surface area (Å²) >= 11 is 0. The van der Waals surface area contributed by atoms with E-state index in [1.165, 1.54) is 12.5 Å². The van der Waals surface area contributed by atoms with Gasteiger partial charge in [0.2, 0.25) is 0 Å². The van der Waals surface area contributed by atoms with E-state index in [9.17, 15) is 9.90 Å². The van der Waals surface area contributed by atoms with E-state index < -0.39 is 5.97 Å². The van der Waals surface area contributed by atoms with Gasteiger partial charge >= 0.3 is 5.97 Å². The molecule has 0 unspecified atom stereocenters. The molecule has 0 amide bonds. The molecule has 78 valence electrons. The summed E-state index contributed by atoms with van der Waals surface area (Å²) in [4.78, 5) is 15.2. The molecular weight excluding hydrogens is 198 g/mol. The van der Waals surface area contributed by atoms with Crippen LogP contribution in [-0.2, 0) is 4.74 Å². The Labute approximate surface area is 85.3 Å². The number of fused-ring (bicyclic) bond motifs is 1. The van der Waals surface area contributed by atoms with Crippen LogP contribution in [0.3, 0.4) is 0 Å². The molecule has 0 saturated heterocycles. The average molecular weight is 207 g/mol. The van der Waals surface area contributed by atoms with Crippen molar-refractivity contribution >= 4 is 16.9 Å². The van der Waals surface area contributed by atoms with E-state index in [2.05, 4.69) is 4.98 Å². The summed E-state index contributed by atoms with van der Waals surface area (Å²) in [6.07, 6.45) is 2.87. The van der Waals surface area contributed by atoms with Crippen molar-refractivity contribution in [1.29, 1.82) is 0 Å². The van der Waals surface area contributed by atoms with Gasteiger partial charge in [-0.3, -0.25) is 0 Å². The van der Waals surface area contributed by atoms with Crippen LogP contribution < -0.4 is 0 Å². The Kier molecular flexibility index (Phi) is 2.29. The number of hydrogen-bond acceptors (Lipinski definition) is 5. The molecule has 2 aromatic rings. The second-order valence-corrected chi connectivity index (χ2v) is 2.88. The number of rotatable bonds is 2. The van der Waals surface area contributed by atoms with Crippen molar-refractivity contribution in [3.05, 3.63) is 24.2 Å². The highest BCUT2D eigenvalue weighted by Gasteiger charge is 2.18. The van der Waals surface area contributed by atoms with Crippen molar-refractivity contribution in [2.24, 2.45) is 0 Å². The maximum atomic E-state index is 11.3. The van der Waals surface area contributed by atoms with Gasteiger partial charge in [-0.25, -0.2) is 9.78 Å². The summed E-state index contributed by atoms with van der Waals surface area (Å²) in [6, 6.07) is 1.65. The maximum absolute atomic E-state index is 11.3. The monoisotopic (exact) mass is 207 g/mol. The highest BCUT2D eigenvalue weighted by Crippen LogP contribution is 2.27. The van der Waals surface area contributed by atoms with E-state index in [0.717, 1.165) is 0 Å². The topological polar surface area (TPSA) is 72.6 Å². The van der Waals surface area contributed by atoms with Gasteiger partial charge in [-0.15, -0.1) is 0 Å². The van der Waals surface area contributed by atoms with E-state index in [0.29, 0.717) is 5.39 Å². The first kappa shape index (κ1) is 9.51. The number of carbonyl (C=O) groups excluding carboxylic acids is 1. The van der Waals surface area contributed by atoms with Crippen molar-refractivity contribution in [2.75, 3.05) is 6.61 Å². The quantitative estimate of drug-likeness (QED) is 0.759. The fourth-order valence-electron chi connectivity index (χ4n) is 1.26. The van der Waals surface area contributed by atoms with Crippen molar-refractivity contribution in [3.63, 3.8) is 0 Å². The molecule has 0 bridgehead atoms. The normalized spacial score (nSPS) is 10.5. The number of pyridine rings is 1. The van der Waals surface area contributed by atoms with Gasteiger partial charge in [0.25, 0.3) is 0 Å². The van der Waals surface area contributed by atoms with Gasteiger partial charge in [-0.1, -0.05) is 0 Å². The van der Waals surface area contributed by atoms with Crippen molar-refractivity contribution in [3.8, 4) is 5.75 Å². The minimum Gasteiger partial charge on any atom is -0.503 e. The Morgan fingerprint density at radius 3 is 3.20 bits per heavy atom. The van der Waals surface area contributed by atoms with Crippen molar-refractivity contribution < 1.29 is 19.1 Å². The molecule has 0 aliphatic rings. The van der Waals surface area contributed by atoms with Gasteiger partial charge in [0.15, 0.2) is 17.0 Å². The molecule has 5 nitrogen and oxygen atoms in total. The zero-order valence-corrected chi connectivity index (χ0v) is 8.06. The first-order valence-electron chi connectivity index (χ1n) is 4.46. The van der Waals surface area contributed by atoms with Crippen LogP contribution in [0.2, 0.25) is 0 Å². The molecule has 2 aromatic heterocycles. The van der Waals surface area contributed by atoms with E-state index in [1.807, 2.05) is 0 Å². The predicted octanol–water partition coefficient (Wildman–Crippen LogP) is 1.71. The molecule has 2 rings (SSSR count). The Hall–Kier alpha value is -2.04. The Morgan fingerprint density at radius 2 is 2.47 bits per heavy atom. The van der Waals surface area contributed by atoms with Crippen LogP contribution in [-0.4, -0.2) is 22.7 Å². The zero-order valence-electron chi connectivity index (χ0n) is 8.06. The molecule has 0 fully saturated rings. The van der Waals surface area contributed by atoms with Crippen LogP contribution in [0.25, 0.3) is 11.0 Å². The number of nitrogens with zero attached hydrogens (tertiary/aromatic N) is 1. The molecule has 1 N–H and O–H groups in total. The fraction of sp³-hybridized carbons (Fsp3) is 0.200. The van der Waals surface area contributed by atoms with E-state index in [1.54, 1.807) is 13.0 Å². The number of carbonyl (C=O) groups is 1. The lowest BCUT2D eigenvalue weighted by Gasteiger charge is -2.02. The third-order valence-corrected chi connectivity index (χ3v) is 1.94. The number of aromatic nitrogens is 1. The van der Waals surface area contributed by atoms with Crippen LogP contribution in [0.4, 0.5) is 0 Å². The molecule has 0 aliphatic heterocycles. The lowest BCUT2D eigenvalue weighted by molar-refractivity contribution is 0.0516. The van der Waals surface area contributed by atoms with Crippen LogP contribution in [0, 0.1) is 0 Å². The first-order valence-corrected chi connectivity index (χ1v) is 4.46. The van der Waals surface area contributed by atoms with Gasteiger partial charge in [-0.2, -0.15) is 0 Å². The minimum atomic E-state index is -0.659. The number of aromatic hydroxyl groups is 1. The highest BCUT2D eigenvalue weighted by atomic mass is 16.5. The van der Waals surface area contributed by atoms with Crippen LogP contribution in [0.5, 0.6) is 5.75 Å². The SMILES string of the molecule is CCOC(=O)c1ncc2ccoc2c1O. The Bertz CT molecular complexity index is 503. The summed E-state index contributed by atoms with van der Waals surface area (Å²) in [5.41, 5.74) is 0.118. The van der Waals surface area contributed by atoms with E-state index in [4.69, 9.17) is 9.15 Å². The fourth-order valence-corrected chi connectivity index (χ4v) is 1.26. The summed E-state index contributed by atoms with van der Waals surface area (Å²) < 4.78 is 9.75. The first-order chi connectivity index (χ1) is 7.24. The number of hydrogen-bond donors (Lipinski definition) is 1. The van der Waals surface area contributed by atoms with Gasteiger partial charge in [-0.05, 0) is 13.0 Å². The summed E-state index contributed by atoms with van der Waals surface area (Å²) in [5.74, 6) is -0.941. The molecule has 2 heterocycles. The third kappa shape index (κ3) is 1.52. The van der Waals surface area contributed by atoms with Gasteiger partial charge in [0.05, 0.1) is 12.9 Å². The van der Waals surface area contributed by atoms with Gasteiger partial charge in [0.1, 0.15) is 0 Å².